The van der Waals surface area contributed by atoms with E-state index in [4.69, 9.17) is 4.98 Å². The predicted octanol–water partition coefficient (Wildman–Crippen LogP) is 5.19. The van der Waals surface area contributed by atoms with E-state index in [9.17, 15) is 4.79 Å². The topological polar surface area (TPSA) is 58.6 Å². The van der Waals surface area contributed by atoms with Crippen LogP contribution in [-0.4, -0.2) is 15.0 Å². The van der Waals surface area contributed by atoms with Gasteiger partial charge in [0.25, 0.3) is 0 Å². The molecule has 0 spiro atoms. The molecule has 0 atom stereocenters. The minimum atomic E-state index is 0.00940. The molecule has 1 aromatic carbocycles. The number of hydrogen-bond acceptors (Lipinski definition) is 3. The molecule has 0 unspecified atom stereocenters. The van der Waals surface area contributed by atoms with Crippen molar-refractivity contribution in [3.05, 3.63) is 70.8 Å². The van der Waals surface area contributed by atoms with Crippen molar-refractivity contribution in [2.45, 2.75) is 38.0 Å². The molecule has 4 heteroatoms. The molecule has 1 N–H and O–H groups in total. The van der Waals surface area contributed by atoms with Gasteiger partial charge in [0.1, 0.15) is 5.65 Å². The zero-order chi connectivity index (χ0) is 18.2. The molecule has 1 saturated carbocycles. The van der Waals surface area contributed by atoms with E-state index in [1.54, 1.807) is 12.3 Å². The van der Waals surface area contributed by atoms with Crippen molar-refractivity contribution in [1.29, 1.82) is 0 Å². The summed E-state index contributed by atoms with van der Waals surface area (Å²) < 4.78 is 0. The fourth-order valence-corrected chi connectivity index (χ4v) is 4.27. The maximum Gasteiger partial charge on any atom is 0.191 e. The Labute approximate surface area is 157 Å². The Balaban J connectivity index is 1.76. The molecule has 3 aromatic heterocycles. The van der Waals surface area contributed by atoms with E-state index >= 15 is 0 Å². The highest BCUT2D eigenvalue weighted by Crippen LogP contribution is 2.38. The van der Waals surface area contributed by atoms with Crippen LogP contribution >= 0.6 is 0 Å². The Morgan fingerprint density at radius 1 is 1.00 bits per heavy atom. The van der Waals surface area contributed by atoms with Gasteiger partial charge in [0.2, 0.25) is 0 Å². The molecule has 4 nitrogen and oxygen atoms in total. The third-order valence-electron chi connectivity index (χ3n) is 5.68. The van der Waals surface area contributed by atoms with E-state index in [-0.39, 0.29) is 5.43 Å². The monoisotopic (exact) mass is 355 g/mol. The van der Waals surface area contributed by atoms with E-state index in [0.717, 1.165) is 40.6 Å². The van der Waals surface area contributed by atoms with E-state index in [0.29, 0.717) is 17.0 Å². The van der Waals surface area contributed by atoms with Crippen LogP contribution < -0.4 is 5.43 Å². The molecule has 134 valence electrons. The first-order chi connectivity index (χ1) is 13.3. The van der Waals surface area contributed by atoms with Gasteiger partial charge in [-0.3, -0.25) is 9.78 Å². The lowest BCUT2D eigenvalue weighted by Crippen LogP contribution is -2.11. The number of nitrogens with zero attached hydrogens (tertiary/aromatic N) is 2. The van der Waals surface area contributed by atoms with Crippen LogP contribution in [0.5, 0.6) is 0 Å². The molecule has 0 amide bonds. The van der Waals surface area contributed by atoms with Crippen LogP contribution in [0.4, 0.5) is 0 Å². The largest absolute Gasteiger partial charge is 0.346 e. The van der Waals surface area contributed by atoms with Crippen LogP contribution in [0.1, 0.15) is 43.7 Å². The molecule has 5 rings (SSSR count). The summed E-state index contributed by atoms with van der Waals surface area (Å²) in [5, 5.41) is 1.75. The minimum absolute atomic E-state index is 0.00940. The summed E-state index contributed by atoms with van der Waals surface area (Å²) in [4.78, 5) is 24.9. The van der Waals surface area contributed by atoms with Crippen LogP contribution in [0, 0.1) is 0 Å². The van der Waals surface area contributed by atoms with Gasteiger partial charge in [-0.05, 0) is 42.7 Å². The maximum absolute atomic E-state index is 12.4. The van der Waals surface area contributed by atoms with E-state index < -0.39 is 0 Å². The maximum atomic E-state index is 12.4. The van der Waals surface area contributed by atoms with Gasteiger partial charge >= 0.3 is 0 Å². The number of pyridine rings is 3. The highest BCUT2D eigenvalue weighted by Gasteiger charge is 2.22. The summed E-state index contributed by atoms with van der Waals surface area (Å²) in [6.45, 7) is 0. The Morgan fingerprint density at radius 2 is 1.89 bits per heavy atom. The number of aromatic amines is 1. The number of benzene rings is 1. The van der Waals surface area contributed by atoms with Gasteiger partial charge in [-0.2, -0.15) is 0 Å². The van der Waals surface area contributed by atoms with Crippen molar-refractivity contribution in [2.75, 3.05) is 0 Å². The van der Waals surface area contributed by atoms with Gasteiger partial charge < -0.3 is 4.98 Å². The second kappa shape index (κ2) is 6.62. The summed E-state index contributed by atoms with van der Waals surface area (Å²) in [6, 6.07) is 13.9. The minimum Gasteiger partial charge on any atom is -0.346 e. The number of aromatic nitrogens is 3. The molecule has 4 aromatic rings. The van der Waals surface area contributed by atoms with Crippen molar-refractivity contribution >= 4 is 21.9 Å². The van der Waals surface area contributed by atoms with Gasteiger partial charge in [0, 0.05) is 35.3 Å². The third-order valence-corrected chi connectivity index (χ3v) is 5.68. The average Bonchev–Trinajstić information content (AvgIpc) is 2.73. The Bertz CT molecular complexity index is 1190. The number of rotatable bonds is 2. The number of H-pyrrole nitrogens is 1. The van der Waals surface area contributed by atoms with Gasteiger partial charge in [-0.15, -0.1) is 0 Å². The van der Waals surface area contributed by atoms with Crippen LogP contribution in [0.3, 0.4) is 0 Å². The van der Waals surface area contributed by atoms with Crippen molar-refractivity contribution in [2.24, 2.45) is 0 Å². The Kier molecular flexibility index (Phi) is 3.97. The Hall–Kier alpha value is -3.01. The molecule has 0 radical (unpaired) electrons. The molecule has 0 saturated heterocycles. The zero-order valence-corrected chi connectivity index (χ0v) is 15.1. The molecular formula is C23H21N3O. The normalized spacial score (nSPS) is 15.4. The molecule has 1 fully saturated rings. The average molecular weight is 355 g/mol. The van der Waals surface area contributed by atoms with Crippen LogP contribution in [0.25, 0.3) is 33.1 Å². The van der Waals surface area contributed by atoms with Crippen molar-refractivity contribution < 1.29 is 0 Å². The summed E-state index contributed by atoms with van der Waals surface area (Å²) in [6.07, 6.45) is 9.62. The lowest BCUT2D eigenvalue weighted by atomic mass is 9.83. The quantitative estimate of drug-likeness (QED) is 0.538. The van der Waals surface area contributed by atoms with Gasteiger partial charge in [0.15, 0.2) is 5.43 Å². The van der Waals surface area contributed by atoms with E-state index in [1.807, 2.05) is 18.3 Å². The van der Waals surface area contributed by atoms with E-state index in [1.165, 1.54) is 19.3 Å². The molecule has 1 aliphatic rings. The van der Waals surface area contributed by atoms with Gasteiger partial charge in [-0.1, -0.05) is 31.4 Å². The van der Waals surface area contributed by atoms with Crippen molar-refractivity contribution in [1.82, 2.24) is 15.0 Å². The lowest BCUT2D eigenvalue weighted by molar-refractivity contribution is 0.438. The van der Waals surface area contributed by atoms with Crippen LogP contribution in [-0.2, 0) is 0 Å². The summed E-state index contributed by atoms with van der Waals surface area (Å²) in [5.41, 5.74) is 4.98. The SMILES string of the molecule is O=c1cc[nH]c2nc(C3CCCCC3)c(-c3ccc4ncccc4c3)cc12. The molecule has 1 aliphatic carbocycles. The first kappa shape index (κ1) is 16.2. The molecular weight excluding hydrogens is 334 g/mol. The smallest absolute Gasteiger partial charge is 0.191 e. The number of fused-ring (bicyclic) bond motifs is 2. The third kappa shape index (κ3) is 2.91. The second-order valence-electron chi connectivity index (χ2n) is 7.41. The molecule has 27 heavy (non-hydrogen) atoms. The van der Waals surface area contributed by atoms with Gasteiger partial charge in [-0.25, -0.2) is 4.98 Å². The first-order valence-electron chi connectivity index (χ1n) is 9.67. The van der Waals surface area contributed by atoms with Crippen LogP contribution in [0.15, 0.2) is 59.7 Å². The highest BCUT2D eigenvalue weighted by atomic mass is 16.1. The van der Waals surface area contributed by atoms with E-state index in [2.05, 4.69) is 34.2 Å². The number of nitrogens with one attached hydrogen (secondary N) is 1. The summed E-state index contributed by atoms with van der Waals surface area (Å²) >= 11 is 0. The Morgan fingerprint density at radius 3 is 2.78 bits per heavy atom. The number of hydrogen-bond donors (Lipinski definition) is 1. The van der Waals surface area contributed by atoms with Crippen molar-refractivity contribution in [3.8, 4) is 11.1 Å². The van der Waals surface area contributed by atoms with Gasteiger partial charge in [0.05, 0.1) is 16.6 Å². The predicted molar refractivity (Wildman–Crippen MR) is 109 cm³/mol. The molecule has 0 aliphatic heterocycles. The fourth-order valence-electron chi connectivity index (χ4n) is 4.27. The lowest BCUT2D eigenvalue weighted by Gasteiger charge is -2.24. The summed E-state index contributed by atoms with van der Waals surface area (Å²) in [5.74, 6) is 0.450. The van der Waals surface area contributed by atoms with Crippen molar-refractivity contribution in [3.63, 3.8) is 0 Å². The van der Waals surface area contributed by atoms with Crippen LogP contribution in [0.2, 0.25) is 0 Å². The fraction of sp³-hybridized carbons (Fsp3) is 0.261. The standard InChI is InChI=1S/C23H21N3O/c27-21-10-12-25-23-19(21)14-18(22(26-23)15-5-2-1-3-6-15)16-8-9-20-17(13-16)7-4-11-24-20/h4,7-15H,1-3,5-6H2,(H,25,26,27). The molecule has 0 bridgehead atoms. The second-order valence-corrected chi connectivity index (χ2v) is 7.41. The first-order valence-corrected chi connectivity index (χ1v) is 9.67. The molecule has 3 heterocycles. The zero-order valence-electron chi connectivity index (χ0n) is 15.1. The highest BCUT2D eigenvalue weighted by molar-refractivity contribution is 5.88. The summed E-state index contributed by atoms with van der Waals surface area (Å²) in [7, 11) is 0.